The summed E-state index contributed by atoms with van der Waals surface area (Å²) in [6, 6.07) is 10.6. The third kappa shape index (κ3) is 3.35. The summed E-state index contributed by atoms with van der Waals surface area (Å²) >= 11 is 3.17. The van der Waals surface area contributed by atoms with Gasteiger partial charge in [0.15, 0.2) is 5.65 Å². The van der Waals surface area contributed by atoms with Gasteiger partial charge in [-0.2, -0.15) is 0 Å². The summed E-state index contributed by atoms with van der Waals surface area (Å²) in [6.45, 7) is 1.40. The molecule has 0 atom stereocenters. The van der Waals surface area contributed by atoms with Crippen LogP contribution in [0.4, 0.5) is 4.39 Å². The molecule has 0 unspecified atom stereocenters. The number of pyridine rings is 1. The fourth-order valence-corrected chi connectivity index (χ4v) is 3.89. The monoisotopic (exact) mass is 416 g/mol. The Balaban J connectivity index is 1.40. The minimum Gasteiger partial charge on any atom is -0.342 e. The summed E-state index contributed by atoms with van der Waals surface area (Å²) in [4.78, 5) is 14.4. The zero-order chi connectivity index (χ0) is 18.1. The van der Waals surface area contributed by atoms with Gasteiger partial charge in [-0.1, -0.05) is 12.1 Å². The second-order valence-corrected chi connectivity index (χ2v) is 7.42. The molecular weight excluding hydrogens is 399 g/mol. The van der Waals surface area contributed by atoms with Crippen LogP contribution < -0.4 is 0 Å². The topological polar surface area (TPSA) is 50.5 Å². The Morgan fingerprint density at radius 2 is 2.00 bits per heavy atom. The summed E-state index contributed by atoms with van der Waals surface area (Å²) in [5, 5.41) is 8.56. The van der Waals surface area contributed by atoms with Crippen molar-refractivity contribution in [1.82, 2.24) is 19.5 Å². The van der Waals surface area contributed by atoms with Crippen molar-refractivity contribution in [2.24, 2.45) is 0 Å². The number of benzene rings is 1. The predicted molar refractivity (Wildman–Crippen MR) is 99.3 cm³/mol. The molecule has 134 valence electrons. The van der Waals surface area contributed by atoms with Gasteiger partial charge in [-0.05, 0) is 58.6 Å². The summed E-state index contributed by atoms with van der Waals surface area (Å²) in [6.07, 6.45) is 4.01. The first-order valence-corrected chi connectivity index (χ1v) is 9.42. The first-order valence-electron chi connectivity index (χ1n) is 8.63. The predicted octanol–water partition coefficient (Wildman–Crippen LogP) is 3.58. The number of fused-ring (bicyclic) bond motifs is 1. The first kappa shape index (κ1) is 17.1. The van der Waals surface area contributed by atoms with Gasteiger partial charge in [0.05, 0.1) is 10.9 Å². The van der Waals surface area contributed by atoms with Crippen LogP contribution in [0.25, 0.3) is 5.65 Å². The zero-order valence-electron chi connectivity index (χ0n) is 14.1. The number of hydrogen-bond donors (Lipinski definition) is 0. The third-order valence-corrected chi connectivity index (χ3v) is 5.50. The molecule has 2 aromatic heterocycles. The number of carbonyl (C=O) groups is 1. The van der Waals surface area contributed by atoms with Crippen molar-refractivity contribution in [3.05, 3.63) is 64.3 Å². The lowest BCUT2D eigenvalue weighted by atomic mass is 9.95. The van der Waals surface area contributed by atoms with Gasteiger partial charge < -0.3 is 4.90 Å². The average molecular weight is 417 g/mol. The SMILES string of the molecule is O=C(Cc1ccc(F)c(Br)c1)N1CCC(c2nnc3ccccn23)CC1. The molecule has 4 rings (SSSR count). The van der Waals surface area contributed by atoms with Crippen molar-refractivity contribution < 1.29 is 9.18 Å². The number of rotatable bonds is 3. The number of amides is 1. The second kappa shape index (κ2) is 7.15. The average Bonchev–Trinajstić information content (AvgIpc) is 3.09. The fourth-order valence-electron chi connectivity index (χ4n) is 3.46. The van der Waals surface area contributed by atoms with Crippen molar-refractivity contribution in [3.63, 3.8) is 0 Å². The molecule has 0 radical (unpaired) electrons. The van der Waals surface area contributed by atoms with Gasteiger partial charge in [-0.3, -0.25) is 9.20 Å². The van der Waals surface area contributed by atoms with Crippen LogP contribution in [0.5, 0.6) is 0 Å². The third-order valence-electron chi connectivity index (χ3n) is 4.89. The smallest absolute Gasteiger partial charge is 0.226 e. The van der Waals surface area contributed by atoms with E-state index in [4.69, 9.17) is 0 Å². The van der Waals surface area contributed by atoms with Gasteiger partial charge in [0.25, 0.3) is 0 Å². The van der Waals surface area contributed by atoms with E-state index in [1.54, 1.807) is 12.1 Å². The van der Waals surface area contributed by atoms with Gasteiger partial charge in [-0.15, -0.1) is 10.2 Å². The summed E-state index contributed by atoms with van der Waals surface area (Å²) < 4.78 is 15.7. The van der Waals surface area contributed by atoms with Gasteiger partial charge in [0, 0.05) is 25.2 Å². The summed E-state index contributed by atoms with van der Waals surface area (Å²) in [5.74, 6) is 1.03. The second-order valence-electron chi connectivity index (χ2n) is 6.57. The van der Waals surface area contributed by atoms with E-state index < -0.39 is 0 Å². The molecule has 5 nitrogen and oxygen atoms in total. The number of carbonyl (C=O) groups excluding carboxylic acids is 1. The highest BCUT2D eigenvalue weighted by Crippen LogP contribution is 2.27. The quantitative estimate of drug-likeness (QED) is 0.655. The van der Waals surface area contributed by atoms with E-state index in [0.29, 0.717) is 23.5 Å². The number of aromatic nitrogens is 3. The lowest BCUT2D eigenvalue weighted by Gasteiger charge is -2.31. The van der Waals surface area contributed by atoms with Crippen LogP contribution in [0.2, 0.25) is 0 Å². The van der Waals surface area contributed by atoms with Crippen LogP contribution in [0.1, 0.15) is 30.1 Å². The number of halogens is 2. The Kier molecular flexibility index (Phi) is 4.72. The molecule has 0 bridgehead atoms. The van der Waals surface area contributed by atoms with Gasteiger partial charge in [0.2, 0.25) is 5.91 Å². The van der Waals surface area contributed by atoms with Gasteiger partial charge in [0.1, 0.15) is 11.6 Å². The van der Waals surface area contributed by atoms with E-state index in [9.17, 15) is 9.18 Å². The fraction of sp³-hybridized carbons (Fsp3) is 0.316. The Morgan fingerprint density at radius 3 is 2.77 bits per heavy atom. The number of piperidine rings is 1. The normalized spacial score (nSPS) is 15.5. The van der Waals surface area contributed by atoms with E-state index in [1.165, 1.54) is 6.07 Å². The van der Waals surface area contributed by atoms with Crippen molar-refractivity contribution >= 4 is 27.5 Å². The molecule has 0 aliphatic carbocycles. The molecule has 3 heterocycles. The van der Waals surface area contributed by atoms with Crippen LogP contribution in [-0.4, -0.2) is 38.5 Å². The van der Waals surface area contributed by atoms with Crippen LogP contribution in [0, 0.1) is 5.82 Å². The zero-order valence-corrected chi connectivity index (χ0v) is 15.7. The lowest BCUT2D eigenvalue weighted by Crippen LogP contribution is -2.39. The Morgan fingerprint density at radius 1 is 1.19 bits per heavy atom. The molecule has 0 N–H and O–H groups in total. The highest BCUT2D eigenvalue weighted by atomic mass is 79.9. The lowest BCUT2D eigenvalue weighted by molar-refractivity contribution is -0.131. The summed E-state index contributed by atoms with van der Waals surface area (Å²) in [5.41, 5.74) is 1.66. The van der Waals surface area contributed by atoms with Crippen molar-refractivity contribution in [2.45, 2.75) is 25.2 Å². The molecule has 0 spiro atoms. The first-order chi connectivity index (χ1) is 12.6. The van der Waals surface area contributed by atoms with Crippen LogP contribution >= 0.6 is 15.9 Å². The number of nitrogens with zero attached hydrogens (tertiary/aromatic N) is 4. The molecule has 0 saturated carbocycles. The molecule has 1 saturated heterocycles. The number of hydrogen-bond acceptors (Lipinski definition) is 3. The molecule has 1 aromatic carbocycles. The van der Waals surface area contributed by atoms with E-state index in [1.807, 2.05) is 33.7 Å². The molecule has 26 heavy (non-hydrogen) atoms. The molecule has 1 aliphatic heterocycles. The van der Waals surface area contributed by atoms with Crippen LogP contribution in [-0.2, 0) is 11.2 Å². The molecular formula is C19H18BrFN4O. The van der Waals surface area contributed by atoms with Crippen molar-refractivity contribution in [1.29, 1.82) is 0 Å². The molecule has 3 aromatic rings. The highest BCUT2D eigenvalue weighted by Gasteiger charge is 2.26. The Bertz CT molecular complexity index is 950. The molecule has 7 heteroatoms. The van der Waals surface area contributed by atoms with E-state index in [0.717, 1.165) is 29.9 Å². The standard InChI is InChI=1S/C19H18BrFN4O/c20-15-11-13(4-5-16(15)21)12-18(26)24-9-6-14(7-10-24)19-23-22-17-3-1-2-8-25(17)19/h1-5,8,11,14H,6-7,9-10,12H2. The molecule has 1 fully saturated rings. The van der Waals surface area contributed by atoms with Gasteiger partial charge >= 0.3 is 0 Å². The maximum atomic E-state index is 13.3. The van der Waals surface area contributed by atoms with E-state index >= 15 is 0 Å². The molecule has 1 aliphatic rings. The van der Waals surface area contributed by atoms with Crippen LogP contribution in [0.15, 0.2) is 47.1 Å². The maximum Gasteiger partial charge on any atom is 0.226 e. The minimum atomic E-state index is -0.317. The Labute approximate surface area is 159 Å². The molecule has 1 amide bonds. The summed E-state index contributed by atoms with van der Waals surface area (Å²) in [7, 11) is 0. The van der Waals surface area contributed by atoms with E-state index in [2.05, 4.69) is 26.1 Å². The van der Waals surface area contributed by atoms with Crippen LogP contribution in [0.3, 0.4) is 0 Å². The highest BCUT2D eigenvalue weighted by molar-refractivity contribution is 9.10. The number of likely N-dealkylation sites (tertiary alicyclic amines) is 1. The maximum absolute atomic E-state index is 13.3. The largest absolute Gasteiger partial charge is 0.342 e. The van der Waals surface area contributed by atoms with Crippen molar-refractivity contribution in [3.8, 4) is 0 Å². The van der Waals surface area contributed by atoms with Gasteiger partial charge in [-0.25, -0.2) is 4.39 Å². The minimum absolute atomic E-state index is 0.0769. The van der Waals surface area contributed by atoms with E-state index in [-0.39, 0.29) is 18.1 Å². The van der Waals surface area contributed by atoms with Crippen molar-refractivity contribution in [2.75, 3.05) is 13.1 Å². The Hall–Kier alpha value is -2.28.